The molecule has 5 nitrogen and oxygen atoms in total. The normalized spacial score (nSPS) is 16.2. The molecule has 0 aromatic heterocycles. The lowest BCUT2D eigenvalue weighted by Crippen LogP contribution is -2.33. The lowest BCUT2D eigenvalue weighted by molar-refractivity contribution is -0.121. The Balaban J connectivity index is 1.61. The minimum absolute atomic E-state index is 0.0618. The Bertz CT molecular complexity index is 777. The first-order valence-corrected chi connectivity index (χ1v) is 8.94. The molecule has 0 radical (unpaired) electrons. The van der Waals surface area contributed by atoms with Gasteiger partial charge in [0.05, 0.1) is 19.3 Å². The molecule has 130 valence electrons. The second-order valence-electron chi connectivity index (χ2n) is 5.53. The molecule has 1 amide bonds. The van der Waals surface area contributed by atoms with Crippen molar-refractivity contribution < 1.29 is 14.3 Å². The summed E-state index contributed by atoms with van der Waals surface area (Å²) >= 11 is 1.62. The average molecular weight is 356 g/mol. The lowest BCUT2D eigenvalue weighted by Gasteiger charge is -2.11. The van der Waals surface area contributed by atoms with Crippen molar-refractivity contribution in [3.05, 3.63) is 59.7 Å². The summed E-state index contributed by atoms with van der Waals surface area (Å²) in [7, 11) is 3.19. The van der Waals surface area contributed by atoms with Crippen molar-refractivity contribution in [1.29, 1.82) is 0 Å². The summed E-state index contributed by atoms with van der Waals surface area (Å²) in [6, 6.07) is 15.2. The molecule has 1 N–H and O–H groups in total. The van der Waals surface area contributed by atoms with Gasteiger partial charge in [0.1, 0.15) is 6.04 Å². The van der Waals surface area contributed by atoms with Crippen LogP contribution in [-0.2, 0) is 11.3 Å². The van der Waals surface area contributed by atoms with Gasteiger partial charge in [-0.3, -0.25) is 9.79 Å². The topological polar surface area (TPSA) is 59.9 Å². The molecule has 1 atom stereocenters. The van der Waals surface area contributed by atoms with Crippen molar-refractivity contribution in [2.24, 2.45) is 4.99 Å². The molecule has 0 aliphatic carbocycles. The van der Waals surface area contributed by atoms with Crippen LogP contribution in [0.4, 0.5) is 0 Å². The van der Waals surface area contributed by atoms with E-state index >= 15 is 0 Å². The third-order valence-corrected chi connectivity index (χ3v) is 4.99. The summed E-state index contributed by atoms with van der Waals surface area (Å²) in [5, 5.41) is 3.87. The zero-order valence-corrected chi connectivity index (χ0v) is 15.0. The highest BCUT2D eigenvalue weighted by molar-refractivity contribution is 8.14. The van der Waals surface area contributed by atoms with Gasteiger partial charge in [-0.25, -0.2) is 0 Å². The molecule has 0 saturated carbocycles. The molecule has 2 aromatic rings. The van der Waals surface area contributed by atoms with Crippen molar-refractivity contribution in [3.63, 3.8) is 0 Å². The van der Waals surface area contributed by atoms with Gasteiger partial charge < -0.3 is 14.8 Å². The number of rotatable bonds is 6. The first-order chi connectivity index (χ1) is 12.2. The zero-order valence-electron chi connectivity index (χ0n) is 14.2. The highest BCUT2D eigenvalue weighted by Gasteiger charge is 2.25. The van der Waals surface area contributed by atoms with E-state index in [2.05, 4.69) is 10.3 Å². The quantitative estimate of drug-likeness (QED) is 0.865. The summed E-state index contributed by atoms with van der Waals surface area (Å²) in [5.74, 6) is 1.92. The number of ether oxygens (including phenoxy) is 2. The van der Waals surface area contributed by atoms with Gasteiger partial charge in [-0.1, -0.05) is 36.4 Å². The van der Waals surface area contributed by atoms with Crippen LogP contribution < -0.4 is 14.8 Å². The standard InChI is InChI=1S/C19H20N2O3S/c1-23-16-9-8-13(10-17(16)24-2)11-20-18(22)15-12-25-19(21-15)14-6-4-3-5-7-14/h3-10,15H,11-12H2,1-2H3,(H,20,22)/t15-/m0/s1. The van der Waals surface area contributed by atoms with Crippen LogP contribution in [0, 0.1) is 0 Å². The molecule has 1 heterocycles. The number of hydrogen-bond acceptors (Lipinski definition) is 5. The Hall–Kier alpha value is -2.47. The number of benzene rings is 2. The number of methoxy groups -OCH3 is 2. The molecule has 1 aliphatic rings. The van der Waals surface area contributed by atoms with Crippen LogP contribution in [0.1, 0.15) is 11.1 Å². The number of amides is 1. The SMILES string of the molecule is COc1ccc(CNC(=O)[C@@H]2CSC(c3ccccc3)=N2)cc1OC. The van der Waals surface area contributed by atoms with E-state index in [1.54, 1.807) is 26.0 Å². The Labute approximate surface area is 151 Å². The minimum Gasteiger partial charge on any atom is -0.493 e. The van der Waals surface area contributed by atoms with Crippen molar-refractivity contribution in [2.75, 3.05) is 20.0 Å². The fourth-order valence-electron chi connectivity index (χ4n) is 2.54. The second-order valence-corrected chi connectivity index (χ2v) is 6.54. The average Bonchev–Trinajstić information content (AvgIpc) is 3.17. The van der Waals surface area contributed by atoms with Crippen LogP contribution in [0.3, 0.4) is 0 Å². The molecule has 0 bridgehead atoms. The predicted molar refractivity (Wildman–Crippen MR) is 101 cm³/mol. The minimum atomic E-state index is -0.347. The Morgan fingerprint density at radius 2 is 1.92 bits per heavy atom. The van der Waals surface area contributed by atoms with Crippen LogP contribution in [-0.4, -0.2) is 37.0 Å². The largest absolute Gasteiger partial charge is 0.493 e. The van der Waals surface area contributed by atoms with Crippen LogP contribution in [0.5, 0.6) is 11.5 Å². The van der Waals surface area contributed by atoms with Crippen LogP contribution in [0.2, 0.25) is 0 Å². The molecule has 3 rings (SSSR count). The first kappa shape index (κ1) is 17.4. The fourth-order valence-corrected chi connectivity index (χ4v) is 3.59. The highest BCUT2D eigenvalue weighted by atomic mass is 32.2. The number of aliphatic imine (C=N–C) groups is 1. The third-order valence-electron chi connectivity index (χ3n) is 3.89. The van der Waals surface area contributed by atoms with E-state index in [9.17, 15) is 4.79 Å². The van der Waals surface area contributed by atoms with Gasteiger partial charge in [0.2, 0.25) is 5.91 Å². The number of thioether (sulfide) groups is 1. The summed E-state index contributed by atoms with van der Waals surface area (Å²) in [4.78, 5) is 16.9. The Kier molecular flexibility index (Phi) is 5.60. The molecule has 1 aliphatic heterocycles. The molecular formula is C19H20N2O3S. The second kappa shape index (κ2) is 8.07. The number of carbonyl (C=O) groups is 1. The maximum atomic E-state index is 12.4. The van der Waals surface area contributed by atoms with Gasteiger partial charge in [0.25, 0.3) is 0 Å². The summed E-state index contributed by atoms with van der Waals surface area (Å²) in [6.45, 7) is 0.427. The van der Waals surface area contributed by atoms with Crippen molar-refractivity contribution in [2.45, 2.75) is 12.6 Å². The molecule has 0 saturated heterocycles. The van der Waals surface area contributed by atoms with E-state index < -0.39 is 0 Å². The number of hydrogen-bond donors (Lipinski definition) is 1. The van der Waals surface area contributed by atoms with Gasteiger partial charge in [-0.2, -0.15) is 0 Å². The van der Waals surface area contributed by atoms with Gasteiger partial charge in [-0.05, 0) is 17.7 Å². The lowest BCUT2D eigenvalue weighted by atomic mass is 10.2. The van der Waals surface area contributed by atoms with Crippen molar-refractivity contribution >= 4 is 22.7 Å². The van der Waals surface area contributed by atoms with Gasteiger partial charge in [-0.15, -0.1) is 11.8 Å². The van der Waals surface area contributed by atoms with E-state index in [0.29, 0.717) is 23.8 Å². The molecular weight excluding hydrogens is 336 g/mol. The van der Waals surface area contributed by atoms with Crippen molar-refractivity contribution in [1.82, 2.24) is 5.32 Å². The smallest absolute Gasteiger partial charge is 0.245 e. The Morgan fingerprint density at radius 1 is 1.16 bits per heavy atom. The van der Waals surface area contributed by atoms with Crippen LogP contribution in [0.15, 0.2) is 53.5 Å². The van der Waals surface area contributed by atoms with Gasteiger partial charge in [0, 0.05) is 17.9 Å². The molecule has 25 heavy (non-hydrogen) atoms. The molecule has 6 heteroatoms. The van der Waals surface area contributed by atoms with E-state index in [1.165, 1.54) is 0 Å². The van der Waals surface area contributed by atoms with E-state index in [0.717, 1.165) is 16.2 Å². The van der Waals surface area contributed by atoms with Gasteiger partial charge in [0.15, 0.2) is 11.5 Å². The maximum Gasteiger partial charge on any atom is 0.245 e. The highest BCUT2D eigenvalue weighted by Crippen LogP contribution is 2.27. The van der Waals surface area contributed by atoms with Gasteiger partial charge >= 0.3 is 0 Å². The Morgan fingerprint density at radius 3 is 2.64 bits per heavy atom. The van der Waals surface area contributed by atoms with E-state index in [-0.39, 0.29) is 11.9 Å². The molecule has 0 unspecified atom stereocenters. The summed E-state index contributed by atoms with van der Waals surface area (Å²) in [6.07, 6.45) is 0. The third kappa shape index (κ3) is 4.14. The predicted octanol–water partition coefficient (Wildman–Crippen LogP) is 2.88. The van der Waals surface area contributed by atoms with Crippen molar-refractivity contribution in [3.8, 4) is 11.5 Å². The molecule has 0 fully saturated rings. The number of carbonyl (C=O) groups excluding carboxylic acids is 1. The number of nitrogens with zero attached hydrogens (tertiary/aromatic N) is 1. The monoisotopic (exact) mass is 356 g/mol. The zero-order chi connectivity index (χ0) is 17.6. The van der Waals surface area contributed by atoms with Crippen LogP contribution in [0.25, 0.3) is 0 Å². The summed E-state index contributed by atoms with van der Waals surface area (Å²) < 4.78 is 10.5. The van der Waals surface area contributed by atoms with E-state index in [1.807, 2.05) is 48.5 Å². The molecule has 0 spiro atoms. The fraction of sp³-hybridized carbons (Fsp3) is 0.263. The van der Waals surface area contributed by atoms with E-state index in [4.69, 9.17) is 9.47 Å². The summed E-state index contributed by atoms with van der Waals surface area (Å²) in [5.41, 5.74) is 2.01. The first-order valence-electron chi connectivity index (χ1n) is 7.96. The number of nitrogens with one attached hydrogen (secondary N) is 1. The van der Waals surface area contributed by atoms with Crippen LogP contribution >= 0.6 is 11.8 Å². The molecule has 2 aromatic carbocycles. The maximum absolute atomic E-state index is 12.4.